The van der Waals surface area contributed by atoms with Gasteiger partial charge in [0.15, 0.2) is 0 Å². The number of carbonyl (C=O) groups excluding carboxylic acids is 1. The Kier molecular flexibility index (Phi) is 5.75. The number of benzene rings is 3. The predicted molar refractivity (Wildman–Crippen MR) is 120 cm³/mol. The molecule has 1 amide bonds. The molecule has 0 aromatic heterocycles. The van der Waals surface area contributed by atoms with Gasteiger partial charge in [-0.25, -0.2) is 0 Å². The van der Waals surface area contributed by atoms with Crippen molar-refractivity contribution in [2.75, 3.05) is 0 Å². The van der Waals surface area contributed by atoms with Gasteiger partial charge in [-0.05, 0) is 34.9 Å². The fourth-order valence-corrected chi connectivity index (χ4v) is 3.93. The molecule has 0 saturated carbocycles. The van der Waals surface area contributed by atoms with E-state index in [9.17, 15) is 4.79 Å². The van der Waals surface area contributed by atoms with Gasteiger partial charge < -0.3 is 10.5 Å². The lowest BCUT2D eigenvalue weighted by Gasteiger charge is -2.32. The van der Waals surface area contributed by atoms with Gasteiger partial charge in [0.25, 0.3) is 0 Å². The summed E-state index contributed by atoms with van der Waals surface area (Å²) >= 11 is 0. The third kappa shape index (κ3) is 4.33. The molecule has 30 heavy (non-hydrogen) atoms. The van der Waals surface area contributed by atoms with Crippen LogP contribution in [0, 0.1) is 0 Å². The number of rotatable bonds is 8. The van der Waals surface area contributed by atoms with Crippen molar-refractivity contribution < 1.29 is 9.53 Å². The Balaban J connectivity index is 1.53. The Labute approximate surface area is 176 Å². The first-order valence-electron chi connectivity index (χ1n) is 9.99. The van der Waals surface area contributed by atoms with Crippen LogP contribution in [-0.4, -0.2) is 17.7 Å². The maximum absolute atomic E-state index is 12.5. The molecule has 0 spiro atoms. The minimum absolute atomic E-state index is 0.382. The normalized spacial score (nSPS) is 18.3. The maximum Gasteiger partial charge on any atom is 0.227 e. The summed E-state index contributed by atoms with van der Waals surface area (Å²) in [6, 6.07) is 27.6. The molecule has 0 saturated heterocycles. The molecule has 0 fully saturated rings. The molecule has 1 aliphatic rings. The molecular formula is C26H24N2O2. The molecule has 1 aliphatic heterocycles. The van der Waals surface area contributed by atoms with Gasteiger partial charge in [-0.1, -0.05) is 78.9 Å². The zero-order valence-corrected chi connectivity index (χ0v) is 16.6. The lowest BCUT2D eigenvalue weighted by atomic mass is 9.75. The second-order valence-electron chi connectivity index (χ2n) is 7.47. The Morgan fingerprint density at radius 2 is 1.57 bits per heavy atom. The fraction of sp³-hybridized carbons (Fsp3) is 0.154. The number of nitrogens with two attached hydrogens (primary N) is 1. The smallest absolute Gasteiger partial charge is 0.227 e. The standard InChI is InChI=1S/C26H24N2O2/c27-25(29)24(22-10-5-2-6-11-22)26(16-7-17-28-26)18-20-12-14-23(15-13-20)30-19-21-8-3-1-4-9-21/h1-17,24H,18-19H2,(H2,27,29). The van der Waals surface area contributed by atoms with Gasteiger partial charge >= 0.3 is 0 Å². The number of ether oxygens (including phenoxy) is 1. The minimum atomic E-state index is -0.723. The minimum Gasteiger partial charge on any atom is -0.489 e. The number of hydrogen-bond donors (Lipinski definition) is 1. The topological polar surface area (TPSA) is 64.7 Å². The van der Waals surface area contributed by atoms with Gasteiger partial charge in [-0.15, -0.1) is 0 Å². The van der Waals surface area contributed by atoms with E-state index in [1.54, 1.807) is 6.21 Å². The molecule has 1 heterocycles. The van der Waals surface area contributed by atoms with E-state index in [-0.39, 0.29) is 5.91 Å². The SMILES string of the molecule is NC(=O)C(c1ccccc1)C1(Cc2ccc(OCc3ccccc3)cc2)C=CC=N1. The highest BCUT2D eigenvalue weighted by atomic mass is 16.5. The van der Waals surface area contributed by atoms with Crippen molar-refractivity contribution in [3.05, 3.63) is 114 Å². The maximum atomic E-state index is 12.5. The van der Waals surface area contributed by atoms with Crippen LogP contribution in [-0.2, 0) is 17.8 Å². The van der Waals surface area contributed by atoms with Crippen LogP contribution in [0.15, 0.2) is 102 Å². The molecular weight excluding hydrogens is 372 g/mol. The van der Waals surface area contributed by atoms with Gasteiger partial charge in [-0.2, -0.15) is 0 Å². The number of allylic oxidation sites excluding steroid dienone is 1. The molecule has 4 heteroatoms. The number of primary amides is 1. The molecule has 150 valence electrons. The van der Waals surface area contributed by atoms with Crippen LogP contribution in [0.3, 0.4) is 0 Å². The van der Waals surface area contributed by atoms with Crippen LogP contribution in [0.5, 0.6) is 5.75 Å². The second-order valence-corrected chi connectivity index (χ2v) is 7.47. The molecule has 4 rings (SSSR count). The van der Waals surface area contributed by atoms with Crippen LogP contribution in [0.2, 0.25) is 0 Å². The zero-order chi connectivity index (χ0) is 20.8. The van der Waals surface area contributed by atoms with Gasteiger partial charge in [-0.3, -0.25) is 9.79 Å². The van der Waals surface area contributed by atoms with E-state index in [4.69, 9.17) is 15.5 Å². The zero-order valence-electron chi connectivity index (χ0n) is 16.6. The monoisotopic (exact) mass is 396 g/mol. The summed E-state index contributed by atoms with van der Waals surface area (Å²) in [6.45, 7) is 0.523. The Morgan fingerprint density at radius 1 is 0.900 bits per heavy atom. The first-order chi connectivity index (χ1) is 14.7. The lowest BCUT2D eigenvalue weighted by molar-refractivity contribution is -0.120. The summed E-state index contributed by atoms with van der Waals surface area (Å²) in [5, 5.41) is 0. The van der Waals surface area contributed by atoms with E-state index in [2.05, 4.69) is 0 Å². The number of hydrogen-bond acceptors (Lipinski definition) is 3. The highest BCUT2D eigenvalue weighted by Crippen LogP contribution is 2.38. The molecule has 0 bridgehead atoms. The van der Waals surface area contributed by atoms with Crippen molar-refractivity contribution in [3.8, 4) is 5.75 Å². The average molecular weight is 396 g/mol. The first-order valence-corrected chi connectivity index (χ1v) is 9.99. The highest BCUT2D eigenvalue weighted by Gasteiger charge is 2.42. The van der Waals surface area contributed by atoms with E-state index in [0.29, 0.717) is 13.0 Å². The number of nitrogens with zero attached hydrogens (tertiary/aromatic N) is 1. The van der Waals surface area contributed by atoms with Gasteiger partial charge in [0.2, 0.25) is 5.91 Å². The van der Waals surface area contributed by atoms with Crippen molar-refractivity contribution in [3.63, 3.8) is 0 Å². The summed E-state index contributed by atoms with van der Waals surface area (Å²) in [6.07, 6.45) is 6.18. The first kappa shape index (κ1) is 19.6. The summed E-state index contributed by atoms with van der Waals surface area (Å²) in [5.74, 6) is -0.118. The molecule has 2 atom stereocenters. The summed E-state index contributed by atoms with van der Waals surface area (Å²) < 4.78 is 5.88. The van der Waals surface area contributed by atoms with Crippen molar-refractivity contribution in [1.29, 1.82) is 0 Å². The van der Waals surface area contributed by atoms with E-state index >= 15 is 0 Å². The molecule has 3 aromatic rings. The van der Waals surface area contributed by atoms with Crippen LogP contribution >= 0.6 is 0 Å². The van der Waals surface area contributed by atoms with E-state index < -0.39 is 11.5 Å². The molecule has 4 nitrogen and oxygen atoms in total. The summed E-state index contributed by atoms with van der Waals surface area (Å²) in [5.41, 5.74) is 8.17. The van der Waals surface area contributed by atoms with Crippen LogP contribution in [0.4, 0.5) is 0 Å². The lowest BCUT2D eigenvalue weighted by Crippen LogP contribution is -2.41. The Morgan fingerprint density at radius 3 is 2.17 bits per heavy atom. The van der Waals surface area contributed by atoms with Gasteiger partial charge in [0.05, 0.1) is 11.5 Å². The molecule has 2 unspecified atom stereocenters. The van der Waals surface area contributed by atoms with Crippen molar-refractivity contribution in [1.82, 2.24) is 0 Å². The van der Waals surface area contributed by atoms with E-state index in [1.807, 2.05) is 97.1 Å². The molecule has 0 aliphatic carbocycles. The Hall–Kier alpha value is -3.66. The fourth-order valence-electron chi connectivity index (χ4n) is 3.93. The molecule has 2 N–H and O–H groups in total. The Bertz CT molecular complexity index is 1030. The third-order valence-electron chi connectivity index (χ3n) is 5.36. The van der Waals surface area contributed by atoms with Crippen LogP contribution < -0.4 is 10.5 Å². The van der Waals surface area contributed by atoms with Gasteiger partial charge in [0, 0.05) is 12.6 Å². The number of amides is 1. The molecule has 3 aromatic carbocycles. The largest absolute Gasteiger partial charge is 0.489 e. The van der Waals surface area contributed by atoms with Crippen molar-refractivity contribution in [2.45, 2.75) is 24.5 Å². The van der Waals surface area contributed by atoms with Gasteiger partial charge in [0.1, 0.15) is 12.4 Å². The van der Waals surface area contributed by atoms with Crippen LogP contribution in [0.25, 0.3) is 0 Å². The second kappa shape index (κ2) is 8.78. The highest BCUT2D eigenvalue weighted by molar-refractivity contribution is 5.87. The number of aliphatic imine (C=N–C) groups is 1. The third-order valence-corrected chi connectivity index (χ3v) is 5.36. The van der Waals surface area contributed by atoms with E-state index in [1.165, 1.54) is 0 Å². The predicted octanol–water partition coefficient (Wildman–Crippen LogP) is 4.46. The number of carbonyl (C=O) groups is 1. The summed E-state index contributed by atoms with van der Waals surface area (Å²) in [4.78, 5) is 17.1. The quantitative estimate of drug-likeness (QED) is 0.611. The van der Waals surface area contributed by atoms with Crippen molar-refractivity contribution >= 4 is 12.1 Å². The average Bonchev–Trinajstić information content (AvgIpc) is 3.23. The molecule has 0 radical (unpaired) electrons. The van der Waals surface area contributed by atoms with Crippen molar-refractivity contribution in [2.24, 2.45) is 10.7 Å². The van der Waals surface area contributed by atoms with E-state index in [0.717, 1.165) is 22.4 Å². The van der Waals surface area contributed by atoms with Crippen LogP contribution in [0.1, 0.15) is 22.6 Å². The summed E-state index contributed by atoms with van der Waals surface area (Å²) in [7, 11) is 0.